The summed E-state index contributed by atoms with van der Waals surface area (Å²) < 4.78 is 1.80. The van der Waals surface area contributed by atoms with E-state index in [-0.39, 0.29) is 11.8 Å². The van der Waals surface area contributed by atoms with Crippen molar-refractivity contribution in [2.75, 3.05) is 44.9 Å². The van der Waals surface area contributed by atoms with Crippen molar-refractivity contribution in [1.29, 1.82) is 0 Å². The van der Waals surface area contributed by atoms with E-state index in [0.29, 0.717) is 34.2 Å². The number of halogens is 1. The number of amides is 2. The summed E-state index contributed by atoms with van der Waals surface area (Å²) in [4.78, 5) is 30.6. The zero-order valence-electron chi connectivity index (χ0n) is 19.0. The number of aromatic nitrogens is 1. The minimum atomic E-state index is -0.196. The van der Waals surface area contributed by atoms with Gasteiger partial charge < -0.3 is 25.0 Å². The van der Waals surface area contributed by atoms with Gasteiger partial charge in [-0.25, -0.2) is 0 Å². The molecule has 3 heterocycles. The van der Waals surface area contributed by atoms with Gasteiger partial charge in [-0.1, -0.05) is 23.7 Å². The summed E-state index contributed by atoms with van der Waals surface area (Å²) >= 11 is 7.66. The van der Waals surface area contributed by atoms with Crippen molar-refractivity contribution in [2.24, 2.45) is 7.05 Å². The lowest BCUT2D eigenvalue weighted by Crippen LogP contribution is -2.34. The summed E-state index contributed by atoms with van der Waals surface area (Å²) in [5.74, 6) is -0.254. The predicted octanol–water partition coefficient (Wildman–Crippen LogP) is 4.31. The molecule has 0 saturated carbocycles. The average Bonchev–Trinajstić information content (AvgIpc) is 3.48. The molecule has 2 amide bonds. The third-order valence-corrected chi connectivity index (χ3v) is 6.59. The van der Waals surface area contributed by atoms with Gasteiger partial charge in [-0.15, -0.1) is 11.3 Å². The highest BCUT2D eigenvalue weighted by Gasteiger charge is 2.29. The molecule has 0 unspecified atom stereocenters. The lowest BCUT2D eigenvalue weighted by molar-refractivity contribution is -0.110. The van der Waals surface area contributed by atoms with Crippen LogP contribution in [-0.4, -0.2) is 60.4 Å². The van der Waals surface area contributed by atoms with Crippen LogP contribution >= 0.6 is 22.9 Å². The van der Waals surface area contributed by atoms with E-state index in [0.717, 1.165) is 22.7 Å². The molecule has 0 spiro atoms. The van der Waals surface area contributed by atoms with Gasteiger partial charge >= 0.3 is 0 Å². The van der Waals surface area contributed by atoms with Crippen LogP contribution in [0.3, 0.4) is 0 Å². The largest absolute Gasteiger partial charge is 0.352 e. The molecule has 0 fully saturated rings. The molecule has 9 heteroatoms. The van der Waals surface area contributed by atoms with Gasteiger partial charge in [0.2, 0.25) is 0 Å². The summed E-state index contributed by atoms with van der Waals surface area (Å²) in [6.45, 7) is 1.41. The van der Waals surface area contributed by atoms with Crippen LogP contribution in [0.25, 0.3) is 11.3 Å². The number of thiophene rings is 1. The Morgan fingerprint density at radius 3 is 2.67 bits per heavy atom. The van der Waals surface area contributed by atoms with E-state index in [9.17, 15) is 9.59 Å². The number of benzene rings is 1. The average molecular weight is 484 g/mol. The highest BCUT2D eigenvalue weighted by atomic mass is 35.5. The summed E-state index contributed by atoms with van der Waals surface area (Å²) in [5, 5.41) is 8.84. The molecular weight excluding hydrogens is 458 g/mol. The second-order valence-corrected chi connectivity index (χ2v) is 9.64. The van der Waals surface area contributed by atoms with Crippen LogP contribution in [0.4, 0.5) is 11.4 Å². The molecule has 0 radical (unpaired) electrons. The van der Waals surface area contributed by atoms with Gasteiger partial charge in [-0.05, 0) is 43.7 Å². The van der Waals surface area contributed by atoms with Crippen LogP contribution in [0.15, 0.2) is 48.0 Å². The van der Waals surface area contributed by atoms with Crippen LogP contribution in [0.2, 0.25) is 5.02 Å². The number of anilines is 2. The van der Waals surface area contributed by atoms with Gasteiger partial charge in [0, 0.05) is 44.0 Å². The zero-order chi connectivity index (χ0) is 23.7. The van der Waals surface area contributed by atoms with Crippen molar-refractivity contribution in [2.45, 2.75) is 0 Å². The number of nitrogens with zero attached hydrogens (tertiary/aromatic N) is 3. The number of rotatable bonds is 7. The Morgan fingerprint density at radius 2 is 1.97 bits per heavy atom. The fraction of sp³-hybridized carbons (Fsp3) is 0.250. The molecule has 0 aliphatic carbocycles. The standard InChI is InChI=1S/C24H26ClN5O2S/c1-28(2)9-10-29(3)24(32)19-13-16(14-30(19)4)26-22(20-6-5-11-33-20)21-17-8-7-15(25)12-18(17)27-23(21)31/h5-8,11-14,26H,9-10H2,1-4H3,(H,27,31). The Bertz CT molecular complexity index is 1230. The lowest BCUT2D eigenvalue weighted by atomic mass is 10.0. The number of likely N-dealkylation sites (N-methyl/N-ethyl adjacent to an activating group) is 2. The molecular formula is C24H26ClN5O2S. The molecule has 7 nitrogen and oxygen atoms in total. The molecule has 0 saturated heterocycles. The van der Waals surface area contributed by atoms with Crippen LogP contribution in [0, 0.1) is 0 Å². The Kier molecular flexibility index (Phi) is 6.60. The minimum Gasteiger partial charge on any atom is -0.352 e. The maximum absolute atomic E-state index is 13.0. The van der Waals surface area contributed by atoms with Gasteiger partial charge in [-0.2, -0.15) is 0 Å². The van der Waals surface area contributed by atoms with Gasteiger partial charge in [0.25, 0.3) is 11.8 Å². The minimum absolute atomic E-state index is 0.0590. The van der Waals surface area contributed by atoms with Gasteiger partial charge in [0.15, 0.2) is 0 Å². The van der Waals surface area contributed by atoms with Crippen molar-refractivity contribution < 1.29 is 9.59 Å². The van der Waals surface area contributed by atoms with Crippen molar-refractivity contribution >= 4 is 57.4 Å². The Labute approximate surface area is 202 Å². The maximum Gasteiger partial charge on any atom is 0.270 e. The first-order valence-corrected chi connectivity index (χ1v) is 11.7. The van der Waals surface area contributed by atoms with Crippen molar-refractivity contribution in [3.63, 3.8) is 0 Å². The van der Waals surface area contributed by atoms with Crippen LogP contribution in [0.1, 0.15) is 20.9 Å². The molecule has 0 atom stereocenters. The van der Waals surface area contributed by atoms with Crippen LogP contribution in [0.5, 0.6) is 0 Å². The number of nitrogens with one attached hydrogen (secondary N) is 2. The summed E-state index contributed by atoms with van der Waals surface area (Å²) in [6.07, 6.45) is 1.86. The number of carbonyl (C=O) groups excluding carboxylic acids is 2. The molecule has 3 aromatic rings. The van der Waals surface area contributed by atoms with E-state index in [1.165, 1.54) is 11.3 Å². The normalized spacial score (nSPS) is 14.3. The number of hydrogen-bond donors (Lipinski definition) is 2. The summed E-state index contributed by atoms with van der Waals surface area (Å²) in [6, 6.07) is 11.1. The second-order valence-electron chi connectivity index (χ2n) is 8.25. The molecule has 33 heavy (non-hydrogen) atoms. The highest BCUT2D eigenvalue weighted by molar-refractivity contribution is 7.11. The SMILES string of the molecule is CN(C)CCN(C)C(=O)c1cc(NC(=C2C(=O)Nc3cc(Cl)ccc32)c2cccs2)cn1C. The number of hydrogen-bond acceptors (Lipinski definition) is 5. The molecule has 172 valence electrons. The molecule has 4 rings (SSSR count). The quantitative estimate of drug-likeness (QED) is 0.491. The highest BCUT2D eigenvalue weighted by Crippen LogP contribution is 2.39. The number of aryl methyl sites for hydroxylation is 1. The Morgan fingerprint density at radius 1 is 1.18 bits per heavy atom. The van der Waals surface area contributed by atoms with Gasteiger partial charge in [-0.3, -0.25) is 9.59 Å². The molecule has 2 aromatic heterocycles. The Hall–Kier alpha value is -3.07. The van der Waals surface area contributed by atoms with Crippen LogP contribution < -0.4 is 10.6 Å². The first-order valence-electron chi connectivity index (χ1n) is 10.5. The van der Waals surface area contributed by atoms with Gasteiger partial charge in [0.1, 0.15) is 5.69 Å². The van der Waals surface area contributed by atoms with E-state index in [1.54, 1.807) is 28.6 Å². The van der Waals surface area contributed by atoms with E-state index in [4.69, 9.17) is 11.6 Å². The molecule has 1 aromatic carbocycles. The third kappa shape index (κ3) is 4.83. The monoisotopic (exact) mass is 483 g/mol. The zero-order valence-corrected chi connectivity index (χ0v) is 20.5. The third-order valence-electron chi connectivity index (χ3n) is 5.47. The topological polar surface area (TPSA) is 69.6 Å². The second kappa shape index (κ2) is 9.43. The summed E-state index contributed by atoms with van der Waals surface area (Å²) in [5.41, 5.74) is 4.00. The fourth-order valence-electron chi connectivity index (χ4n) is 3.70. The lowest BCUT2D eigenvalue weighted by Gasteiger charge is -2.19. The first-order chi connectivity index (χ1) is 15.7. The molecule has 0 bridgehead atoms. The van der Waals surface area contributed by atoms with E-state index in [2.05, 4.69) is 10.6 Å². The first kappa shape index (κ1) is 23.1. The number of carbonyl (C=O) groups is 2. The molecule has 1 aliphatic rings. The molecule has 1 aliphatic heterocycles. The van der Waals surface area contributed by atoms with Crippen molar-refractivity contribution in [3.8, 4) is 0 Å². The smallest absolute Gasteiger partial charge is 0.270 e. The van der Waals surface area contributed by atoms with E-state index >= 15 is 0 Å². The molecule has 2 N–H and O–H groups in total. The predicted molar refractivity (Wildman–Crippen MR) is 136 cm³/mol. The van der Waals surface area contributed by atoms with Crippen molar-refractivity contribution in [1.82, 2.24) is 14.4 Å². The van der Waals surface area contributed by atoms with Crippen molar-refractivity contribution in [3.05, 3.63) is 69.1 Å². The van der Waals surface area contributed by atoms with E-state index in [1.807, 2.05) is 61.9 Å². The Balaban J connectivity index is 1.69. The maximum atomic E-state index is 13.0. The van der Waals surface area contributed by atoms with Crippen LogP contribution in [-0.2, 0) is 11.8 Å². The van der Waals surface area contributed by atoms with E-state index < -0.39 is 0 Å². The fourth-order valence-corrected chi connectivity index (χ4v) is 4.60. The number of fused-ring (bicyclic) bond motifs is 1. The van der Waals surface area contributed by atoms with Gasteiger partial charge in [0.05, 0.1) is 27.5 Å². The summed E-state index contributed by atoms with van der Waals surface area (Å²) in [7, 11) is 7.60.